The molecule has 0 aliphatic carbocycles. The Morgan fingerprint density at radius 2 is 1.90 bits per heavy atom. The lowest BCUT2D eigenvalue weighted by atomic mass is 9.91. The normalized spacial score (nSPS) is 12.2. The fourth-order valence-electron chi connectivity index (χ4n) is 2.38. The average Bonchev–Trinajstić information content (AvgIpc) is 2.53. The molecule has 1 aromatic carbocycles. The summed E-state index contributed by atoms with van der Waals surface area (Å²) < 4.78 is 0. The van der Waals surface area contributed by atoms with Gasteiger partial charge in [0.05, 0.1) is 0 Å². The minimum Gasteiger partial charge on any atom is -0.409 e. The Morgan fingerprint density at radius 3 is 2.43 bits per heavy atom. The number of amidine groups is 1. The maximum atomic E-state index is 12.1. The molecule has 0 aliphatic heterocycles. The van der Waals surface area contributed by atoms with Gasteiger partial charge in [-0.2, -0.15) is 0 Å². The highest BCUT2D eigenvalue weighted by Gasteiger charge is 2.32. The molecule has 1 amide bonds. The molecule has 1 rings (SSSR count). The van der Waals surface area contributed by atoms with Crippen LogP contribution in [0.4, 0.5) is 0 Å². The number of carbonyl (C=O) groups excluding carboxylic acids is 1. The summed E-state index contributed by atoms with van der Waals surface area (Å²) in [4.78, 5) is 12.1. The largest absolute Gasteiger partial charge is 0.409 e. The maximum Gasteiger partial charge on any atom is 0.220 e. The first-order valence-electron chi connectivity index (χ1n) is 7.41. The SMILES string of the molecule is CCC(CC)(NC(=O)CCCc1ccccc1)/C(N)=N/O. The fourth-order valence-corrected chi connectivity index (χ4v) is 2.38. The Labute approximate surface area is 126 Å². The van der Waals surface area contributed by atoms with Crippen LogP contribution in [0.25, 0.3) is 0 Å². The second-order valence-corrected chi connectivity index (χ2v) is 5.16. The zero-order valence-electron chi connectivity index (χ0n) is 12.8. The predicted octanol–water partition coefficient (Wildman–Crippen LogP) is 2.43. The number of oxime groups is 1. The number of aryl methyl sites for hydroxylation is 1. The highest BCUT2D eigenvalue weighted by molar-refractivity contribution is 5.93. The summed E-state index contributed by atoms with van der Waals surface area (Å²) in [5.74, 6) is -0.00913. The van der Waals surface area contributed by atoms with Gasteiger partial charge in [0.15, 0.2) is 5.84 Å². The lowest BCUT2D eigenvalue weighted by Crippen LogP contribution is -2.56. The smallest absolute Gasteiger partial charge is 0.220 e. The van der Waals surface area contributed by atoms with E-state index in [0.717, 1.165) is 12.8 Å². The molecule has 116 valence electrons. The summed E-state index contributed by atoms with van der Waals surface area (Å²) in [6.45, 7) is 3.82. The van der Waals surface area contributed by atoms with Crippen molar-refractivity contribution in [1.82, 2.24) is 5.32 Å². The number of hydrogen-bond acceptors (Lipinski definition) is 3. The minimum atomic E-state index is -0.751. The average molecular weight is 291 g/mol. The van der Waals surface area contributed by atoms with Gasteiger partial charge in [0, 0.05) is 6.42 Å². The van der Waals surface area contributed by atoms with Crippen LogP contribution in [0, 0.1) is 0 Å². The van der Waals surface area contributed by atoms with Crippen LogP contribution in [0.1, 0.15) is 45.1 Å². The molecule has 0 unspecified atom stereocenters. The second kappa shape index (κ2) is 8.29. The van der Waals surface area contributed by atoms with Crippen LogP contribution in [0.3, 0.4) is 0 Å². The van der Waals surface area contributed by atoms with Gasteiger partial charge in [0.1, 0.15) is 5.54 Å². The number of amides is 1. The van der Waals surface area contributed by atoms with Crippen molar-refractivity contribution in [1.29, 1.82) is 0 Å². The minimum absolute atomic E-state index is 0.0592. The molecule has 0 aromatic heterocycles. The summed E-state index contributed by atoms with van der Waals surface area (Å²) in [6, 6.07) is 10.1. The summed E-state index contributed by atoms with van der Waals surface area (Å²) in [7, 11) is 0. The molecular weight excluding hydrogens is 266 g/mol. The molecule has 1 aromatic rings. The van der Waals surface area contributed by atoms with E-state index in [4.69, 9.17) is 10.9 Å². The topological polar surface area (TPSA) is 87.7 Å². The van der Waals surface area contributed by atoms with E-state index in [9.17, 15) is 4.79 Å². The van der Waals surface area contributed by atoms with Gasteiger partial charge in [0.25, 0.3) is 0 Å². The number of rotatable bonds is 8. The molecule has 0 atom stereocenters. The first kappa shape index (κ1) is 17.0. The first-order chi connectivity index (χ1) is 10.1. The third-order valence-electron chi connectivity index (χ3n) is 3.90. The Morgan fingerprint density at radius 1 is 1.29 bits per heavy atom. The Kier molecular flexibility index (Phi) is 6.72. The monoisotopic (exact) mass is 291 g/mol. The van der Waals surface area contributed by atoms with Crippen LogP contribution in [0.2, 0.25) is 0 Å². The number of hydrogen-bond donors (Lipinski definition) is 3. The second-order valence-electron chi connectivity index (χ2n) is 5.16. The van der Waals surface area contributed by atoms with Crippen molar-refractivity contribution in [2.75, 3.05) is 0 Å². The van der Waals surface area contributed by atoms with Gasteiger partial charge in [0.2, 0.25) is 5.91 Å². The molecule has 0 saturated carbocycles. The van der Waals surface area contributed by atoms with Crippen LogP contribution in [-0.2, 0) is 11.2 Å². The Bertz CT molecular complexity index is 468. The number of benzene rings is 1. The first-order valence-corrected chi connectivity index (χ1v) is 7.41. The molecular formula is C16H25N3O2. The summed E-state index contributed by atoms with van der Waals surface area (Å²) >= 11 is 0. The van der Waals surface area contributed by atoms with Crippen molar-refractivity contribution >= 4 is 11.7 Å². The van der Waals surface area contributed by atoms with Crippen LogP contribution >= 0.6 is 0 Å². The maximum absolute atomic E-state index is 12.1. The van der Waals surface area contributed by atoms with Gasteiger partial charge < -0.3 is 16.3 Å². The van der Waals surface area contributed by atoms with Gasteiger partial charge in [-0.3, -0.25) is 4.79 Å². The van der Waals surface area contributed by atoms with Crippen LogP contribution in [0.5, 0.6) is 0 Å². The fraction of sp³-hybridized carbons (Fsp3) is 0.500. The number of nitrogens with zero attached hydrogens (tertiary/aromatic N) is 1. The summed E-state index contributed by atoms with van der Waals surface area (Å²) in [5.41, 5.74) is 6.20. The van der Waals surface area contributed by atoms with Crippen molar-refractivity contribution in [2.45, 2.75) is 51.5 Å². The number of carbonyl (C=O) groups is 1. The summed E-state index contributed by atoms with van der Waals surface area (Å²) in [5, 5.41) is 14.9. The molecule has 5 heteroatoms. The molecule has 0 heterocycles. The molecule has 0 aliphatic rings. The van der Waals surface area contributed by atoms with Crippen LogP contribution in [0.15, 0.2) is 35.5 Å². The highest BCUT2D eigenvalue weighted by Crippen LogP contribution is 2.16. The van der Waals surface area contributed by atoms with Crippen LogP contribution in [-0.4, -0.2) is 22.5 Å². The third-order valence-corrected chi connectivity index (χ3v) is 3.90. The quantitative estimate of drug-likeness (QED) is 0.297. The lowest BCUT2D eigenvalue weighted by molar-refractivity contribution is -0.122. The number of nitrogens with two attached hydrogens (primary N) is 1. The van der Waals surface area contributed by atoms with E-state index in [1.807, 2.05) is 32.0 Å². The van der Waals surface area contributed by atoms with E-state index >= 15 is 0 Å². The van der Waals surface area contributed by atoms with Gasteiger partial charge >= 0.3 is 0 Å². The van der Waals surface area contributed by atoms with E-state index in [-0.39, 0.29) is 11.7 Å². The molecule has 21 heavy (non-hydrogen) atoms. The highest BCUT2D eigenvalue weighted by atomic mass is 16.4. The molecule has 0 radical (unpaired) electrons. The number of nitrogens with one attached hydrogen (secondary N) is 1. The van der Waals surface area contributed by atoms with Crippen molar-refractivity contribution in [3.05, 3.63) is 35.9 Å². The molecule has 4 N–H and O–H groups in total. The van der Waals surface area contributed by atoms with E-state index in [0.29, 0.717) is 19.3 Å². The van der Waals surface area contributed by atoms with Crippen molar-refractivity contribution in [2.24, 2.45) is 10.9 Å². The predicted molar refractivity (Wildman–Crippen MR) is 84.2 cm³/mol. The molecule has 0 spiro atoms. The lowest BCUT2D eigenvalue weighted by Gasteiger charge is -2.31. The van der Waals surface area contributed by atoms with Gasteiger partial charge in [-0.05, 0) is 31.2 Å². The van der Waals surface area contributed by atoms with E-state index < -0.39 is 5.54 Å². The van der Waals surface area contributed by atoms with E-state index in [1.165, 1.54) is 5.56 Å². The molecule has 0 fully saturated rings. The van der Waals surface area contributed by atoms with Gasteiger partial charge in [-0.25, -0.2) is 0 Å². The van der Waals surface area contributed by atoms with E-state index in [2.05, 4.69) is 22.6 Å². The summed E-state index contributed by atoms with van der Waals surface area (Å²) in [6.07, 6.45) is 3.24. The molecule has 0 saturated heterocycles. The standard InChI is InChI=1S/C16H25N3O2/c1-3-16(4-2,15(17)19-21)18-14(20)12-8-11-13-9-6-5-7-10-13/h5-7,9-10,21H,3-4,8,11-12H2,1-2H3,(H2,17,19)(H,18,20). The van der Waals surface area contributed by atoms with Gasteiger partial charge in [-0.1, -0.05) is 49.3 Å². The zero-order valence-corrected chi connectivity index (χ0v) is 12.8. The zero-order chi connectivity index (χ0) is 15.7. The van der Waals surface area contributed by atoms with Crippen molar-refractivity contribution in [3.63, 3.8) is 0 Å². The van der Waals surface area contributed by atoms with Crippen molar-refractivity contribution in [3.8, 4) is 0 Å². The van der Waals surface area contributed by atoms with Crippen molar-refractivity contribution < 1.29 is 10.0 Å². The van der Waals surface area contributed by atoms with Gasteiger partial charge in [-0.15, -0.1) is 0 Å². The molecule has 0 bridgehead atoms. The van der Waals surface area contributed by atoms with Crippen LogP contribution < -0.4 is 11.1 Å². The molecule has 5 nitrogen and oxygen atoms in total. The van der Waals surface area contributed by atoms with E-state index in [1.54, 1.807) is 0 Å². The Hall–Kier alpha value is -2.04. The third kappa shape index (κ3) is 4.77. The Balaban J connectivity index is 2.51.